The van der Waals surface area contributed by atoms with Gasteiger partial charge in [-0.2, -0.15) is 13.5 Å². The topological polar surface area (TPSA) is 123 Å². The lowest BCUT2D eigenvalue weighted by Crippen LogP contribution is -2.39. The third kappa shape index (κ3) is 4.01. The minimum absolute atomic E-state index is 0.0920. The number of hydrogen-bond donors (Lipinski definition) is 2. The quantitative estimate of drug-likeness (QED) is 0.514. The van der Waals surface area contributed by atoms with Crippen LogP contribution in [-0.2, 0) is 40.6 Å². The number of amidine groups is 1. The monoisotopic (exact) mass is 444 g/mol. The predicted octanol–water partition coefficient (Wildman–Crippen LogP) is 1.45. The number of hydrogen-bond acceptors (Lipinski definition) is 5. The van der Waals surface area contributed by atoms with E-state index in [1.165, 1.54) is 23.5 Å². The van der Waals surface area contributed by atoms with E-state index in [1.807, 2.05) is 0 Å². The molecule has 5 rings (SSSR count). The molecule has 1 fully saturated rings. The van der Waals surface area contributed by atoms with E-state index in [0.29, 0.717) is 12.3 Å². The number of ether oxygens (including phenoxy) is 1. The third-order valence-electron chi connectivity index (χ3n) is 6.35. The standard InChI is InChI=1S/C21H27N5O4S/c27-21(24-20-18-7-1-4-14(18)10-15-5-2-8-19(15)20)25-31(28,29)26(16-11-22-23-12-16)13-17-6-3-9-30-17/h10-12,17H,1-9,13H2,(H,22,23)(H2,24,25,27)/p-1. The molecular weight excluding hydrogens is 418 g/mol. The van der Waals surface area contributed by atoms with Crippen LogP contribution in [0.15, 0.2) is 22.9 Å². The molecule has 2 aliphatic carbocycles. The van der Waals surface area contributed by atoms with Gasteiger partial charge in [0.2, 0.25) is 0 Å². The van der Waals surface area contributed by atoms with Crippen LogP contribution in [0, 0.1) is 0 Å². The van der Waals surface area contributed by atoms with Crippen LogP contribution in [0.1, 0.15) is 47.9 Å². The van der Waals surface area contributed by atoms with Crippen molar-refractivity contribution in [2.45, 2.75) is 57.5 Å². The Hall–Kier alpha value is -2.59. The van der Waals surface area contributed by atoms with Crippen LogP contribution in [0.3, 0.4) is 0 Å². The molecule has 2 aromatic rings. The van der Waals surface area contributed by atoms with Crippen LogP contribution >= 0.6 is 0 Å². The van der Waals surface area contributed by atoms with Crippen LogP contribution < -0.4 is 14.7 Å². The second-order valence-electron chi connectivity index (χ2n) is 8.36. The highest BCUT2D eigenvalue weighted by Crippen LogP contribution is 2.38. The molecule has 0 saturated carbocycles. The summed E-state index contributed by atoms with van der Waals surface area (Å²) in [5.74, 6) is 0. The van der Waals surface area contributed by atoms with Crippen molar-refractivity contribution in [1.29, 1.82) is 0 Å². The predicted molar refractivity (Wildman–Crippen MR) is 115 cm³/mol. The molecule has 1 unspecified atom stereocenters. The number of benzene rings is 1. The fourth-order valence-corrected chi connectivity index (χ4v) is 6.01. The smallest absolute Gasteiger partial charge is 0.345 e. The highest BCUT2D eigenvalue weighted by molar-refractivity contribution is 7.91. The first-order chi connectivity index (χ1) is 15.0. The number of aromatic amines is 1. The molecule has 3 aliphatic rings. The summed E-state index contributed by atoms with van der Waals surface area (Å²) in [7, 11) is -4.27. The molecule has 1 saturated heterocycles. The van der Waals surface area contributed by atoms with Gasteiger partial charge in [-0.3, -0.25) is 5.10 Å². The molecule has 0 radical (unpaired) electrons. The van der Waals surface area contributed by atoms with Crippen LogP contribution in [0.25, 0.3) is 0 Å². The lowest BCUT2D eigenvalue weighted by molar-refractivity contribution is -0.213. The summed E-state index contributed by atoms with van der Waals surface area (Å²) < 4.78 is 36.5. The largest absolute Gasteiger partial charge is 0.845 e. The number of aryl methyl sites for hydroxylation is 2. The van der Waals surface area contributed by atoms with Gasteiger partial charge in [-0.1, -0.05) is 6.07 Å². The molecule has 1 atom stereocenters. The van der Waals surface area contributed by atoms with E-state index in [-0.39, 0.29) is 12.6 Å². The number of nitrogens with one attached hydrogen (secondary N) is 2. The summed E-state index contributed by atoms with van der Waals surface area (Å²) in [5, 5.41) is 22.1. The van der Waals surface area contributed by atoms with Crippen molar-refractivity contribution >= 4 is 27.6 Å². The summed E-state index contributed by atoms with van der Waals surface area (Å²) in [6, 6.07) is 1.39. The Kier molecular flexibility index (Phi) is 5.35. The van der Waals surface area contributed by atoms with Crippen molar-refractivity contribution in [2.75, 3.05) is 22.8 Å². The molecule has 0 amide bonds. The summed E-state index contributed by atoms with van der Waals surface area (Å²) in [5.41, 5.74) is 5.89. The Bertz CT molecular complexity index is 1060. The summed E-state index contributed by atoms with van der Waals surface area (Å²) in [4.78, 5) is 0. The van der Waals surface area contributed by atoms with Gasteiger partial charge in [-0.05, 0) is 73.6 Å². The van der Waals surface area contributed by atoms with Gasteiger partial charge in [0, 0.05) is 18.5 Å². The zero-order chi connectivity index (χ0) is 21.4. The maximum absolute atomic E-state index is 13.1. The molecule has 10 heteroatoms. The van der Waals surface area contributed by atoms with E-state index in [2.05, 4.69) is 26.0 Å². The van der Waals surface area contributed by atoms with Gasteiger partial charge in [-0.25, -0.2) is 4.31 Å². The maximum atomic E-state index is 13.1. The second-order valence-corrected chi connectivity index (χ2v) is 9.87. The van der Waals surface area contributed by atoms with Gasteiger partial charge < -0.3 is 15.2 Å². The molecule has 0 spiro atoms. The average molecular weight is 445 g/mol. The molecule has 31 heavy (non-hydrogen) atoms. The van der Waals surface area contributed by atoms with Crippen LogP contribution in [0.4, 0.5) is 11.4 Å². The Balaban J connectivity index is 1.44. The number of nitrogens with zero attached hydrogens (tertiary/aromatic N) is 3. The van der Waals surface area contributed by atoms with Crippen molar-refractivity contribution in [1.82, 2.24) is 10.2 Å². The Morgan fingerprint density at radius 1 is 1.23 bits per heavy atom. The van der Waals surface area contributed by atoms with Crippen molar-refractivity contribution in [3.63, 3.8) is 0 Å². The second kappa shape index (κ2) is 8.16. The van der Waals surface area contributed by atoms with Gasteiger partial charge in [0.15, 0.2) is 0 Å². The highest BCUT2D eigenvalue weighted by Gasteiger charge is 2.29. The first kappa shape index (κ1) is 20.3. The number of anilines is 2. The van der Waals surface area contributed by atoms with E-state index < -0.39 is 16.2 Å². The zero-order valence-corrected chi connectivity index (χ0v) is 18.1. The normalized spacial score (nSPS) is 20.6. The molecule has 166 valence electrons. The Labute approximate surface area is 181 Å². The minimum atomic E-state index is -4.27. The third-order valence-corrected chi connectivity index (χ3v) is 7.66. The fourth-order valence-electron chi connectivity index (χ4n) is 4.94. The summed E-state index contributed by atoms with van der Waals surface area (Å²) in [6.07, 6.45) is 10.2. The number of rotatable bonds is 6. The SMILES string of the molecule is O=S(=O)(/N=C(\[O-])Nc1c2c(cc3c1CCC3)CCC2)N(CC1CCCO1)c1cn[nH]c1. The van der Waals surface area contributed by atoms with Crippen LogP contribution in [-0.4, -0.2) is 43.9 Å². The van der Waals surface area contributed by atoms with Gasteiger partial charge >= 0.3 is 10.2 Å². The first-order valence-corrected chi connectivity index (χ1v) is 12.2. The van der Waals surface area contributed by atoms with Crippen molar-refractivity contribution in [2.24, 2.45) is 4.40 Å². The van der Waals surface area contributed by atoms with E-state index in [0.717, 1.165) is 72.5 Å². The lowest BCUT2D eigenvalue weighted by atomic mass is 9.99. The first-order valence-electron chi connectivity index (χ1n) is 10.8. The van der Waals surface area contributed by atoms with E-state index in [4.69, 9.17) is 4.74 Å². The molecule has 1 aromatic carbocycles. The number of fused-ring (bicyclic) bond motifs is 2. The Morgan fingerprint density at radius 2 is 1.97 bits per heavy atom. The van der Waals surface area contributed by atoms with E-state index in [1.54, 1.807) is 0 Å². The maximum Gasteiger partial charge on any atom is 0.345 e. The van der Waals surface area contributed by atoms with E-state index >= 15 is 0 Å². The van der Waals surface area contributed by atoms with Crippen molar-refractivity contribution in [3.8, 4) is 0 Å². The molecule has 2 heterocycles. The highest BCUT2D eigenvalue weighted by atomic mass is 32.2. The molecule has 1 aromatic heterocycles. The Morgan fingerprint density at radius 3 is 2.58 bits per heavy atom. The van der Waals surface area contributed by atoms with Gasteiger partial charge in [0.05, 0.1) is 30.6 Å². The summed E-state index contributed by atoms with van der Waals surface area (Å²) >= 11 is 0. The fraction of sp³-hybridized carbons (Fsp3) is 0.524. The van der Waals surface area contributed by atoms with Crippen molar-refractivity contribution < 1.29 is 18.3 Å². The van der Waals surface area contributed by atoms with Crippen molar-refractivity contribution in [3.05, 3.63) is 40.7 Å². The van der Waals surface area contributed by atoms with Gasteiger partial charge in [0.25, 0.3) is 0 Å². The molecular formula is C21H26N5O4S-. The van der Waals surface area contributed by atoms with Gasteiger partial charge in [0.1, 0.15) is 0 Å². The van der Waals surface area contributed by atoms with E-state index in [9.17, 15) is 13.5 Å². The van der Waals surface area contributed by atoms with Gasteiger partial charge in [-0.15, -0.1) is 4.40 Å². The molecule has 1 aliphatic heterocycles. The summed E-state index contributed by atoms with van der Waals surface area (Å²) in [6.45, 7) is 0.695. The number of H-pyrrole nitrogens is 1. The lowest BCUT2D eigenvalue weighted by Gasteiger charge is -2.25. The van der Waals surface area contributed by atoms with Crippen LogP contribution in [0.5, 0.6) is 0 Å². The average Bonchev–Trinajstić information content (AvgIpc) is 3.53. The minimum Gasteiger partial charge on any atom is -0.845 e. The zero-order valence-electron chi connectivity index (χ0n) is 17.3. The molecule has 9 nitrogen and oxygen atoms in total. The van der Waals surface area contributed by atoms with Crippen LogP contribution in [0.2, 0.25) is 0 Å². The molecule has 2 N–H and O–H groups in total. The molecule has 0 bridgehead atoms. The number of aromatic nitrogens is 2.